The molecule has 448 valence electrons. The third kappa shape index (κ3) is 11.0. The second kappa shape index (κ2) is 20.8. The molecule has 0 fully saturated rings. The maximum atomic E-state index is 2.62. The van der Waals surface area contributed by atoms with Gasteiger partial charge in [0.15, 0.2) is 0 Å². The SMILES string of the molecule is CC(C)(C)c1ccc(-c2ccc(-c3cc(C(C)(C)C)ccc3N(c3cc(-c4cc(C(C)(C)C)cc(C(C)(C)C)c4)cc(C(C)(C)C)c3)c3ccc4ccc5c(-n6c7ccc(C(C)(C)C)cc7c7cc(C(C)(C)C)ccc76)ccc6ccc3c4c65)cc2)cc1. The maximum Gasteiger partial charge on any atom is 0.0541 e. The summed E-state index contributed by atoms with van der Waals surface area (Å²) in [4.78, 5) is 2.62. The van der Waals surface area contributed by atoms with Gasteiger partial charge in [0, 0.05) is 32.8 Å². The first-order chi connectivity index (χ1) is 41.0. The lowest BCUT2D eigenvalue weighted by Gasteiger charge is -2.33. The Balaban J connectivity index is 1.15. The summed E-state index contributed by atoms with van der Waals surface area (Å²) in [5.41, 5.74) is 23.4. The van der Waals surface area contributed by atoms with Gasteiger partial charge in [0.25, 0.3) is 0 Å². The van der Waals surface area contributed by atoms with E-state index in [0.717, 1.165) is 17.1 Å². The fourth-order valence-electron chi connectivity index (χ4n) is 13.2. The van der Waals surface area contributed by atoms with Crippen molar-refractivity contribution in [2.75, 3.05) is 4.90 Å². The van der Waals surface area contributed by atoms with Crippen LogP contribution in [0.2, 0.25) is 0 Å². The Morgan fingerprint density at radius 1 is 0.250 bits per heavy atom. The largest absolute Gasteiger partial charge is 0.309 e. The molecule has 12 rings (SSSR count). The van der Waals surface area contributed by atoms with E-state index in [0.29, 0.717) is 0 Å². The number of fused-ring (bicyclic) bond motifs is 3. The Morgan fingerprint density at radius 2 is 0.625 bits per heavy atom. The van der Waals surface area contributed by atoms with Gasteiger partial charge in [-0.25, -0.2) is 0 Å². The van der Waals surface area contributed by atoms with Crippen LogP contribution in [0, 0.1) is 0 Å². The molecule has 0 aliphatic carbocycles. The average molecular weight is 1160 g/mol. The summed E-state index contributed by atoms with van der Waals surface area (Å²) in [6.45, 7) is 49.0. The fourth-order valence-corrected chi connectivity index (χ4v) is 13.2. The van der Waals surface area contributed by atoms with Crippen molar-refractivity contribution in [3.63, 3.8) is 0 Å². The van der Waals surface area contributed by atoms with Crippen molar-refractivity contribution in [2.24, 2.45) is 0 Å². The first-order valence-corrected chi connectivity index (χ1v) is 32.3. The first kappa shape index (κ1) is 60.3. The van der Waals surface area contributed by atoms with E-state index in [2.05, 4.69) is 343 Å². The van der Waals surface area contributed by atoms with Crippen LogP contribution in [-0.2, 0) is 37.9 Å². The zero-order chi connectivity index (χ0) is 63.2. The molecule has 0 atom stereocenters. The molecule has 0 N–H and O–H groups in total. The van der Waals surface area contributed by atoms with Crippen LogP contribution in [0.25, 0.3) is 93.2 Å². The summed E-state index contributed by atoms with van der Waals surface area (Å²) >= 11 is 0. The third-order valence-electron chi connectivity index (χ3n) is 19.0. The highest BCUT2D eigenvalue weighted by molar-refractivity contribution is 6.28. The minimum atomic E-state index is -0.167. The molecule has 1 heterocycles. The predicted molar refractivity (Wildman–Crippen MR) is 386 cm³/mol. The fraction of sp³-hybridized carbons (Fsp3) is 0.326. The minimum Gasteiger partial charge on any atom is -0.309 e. The molecule has 0 aliphatic heterocycles. The van der Waals surface area contributed by atoms with Crippen LogP contribution in [0.4, 0.5) is 17.1 Å². The summed E-state index contributed by atoms with van der Waals surface area (Å²) in [5.74, 6) is 0. The van der Waals surface area contributed by atoms with Crippen molar-refractivity contribution in [3.8, 4) is 39.1 Å². The van der Waals surface area contributed by atoms with Gasteiger partial charge in [0.05, 0.1) is 28.1 Å². The molecule has 12 aromatic rings. The molecule has 2 nitrogen and oxygen atoms in total. The maximum absolute atomic E-state index is 2.62. The van der Waals surface area contributed by atoms with Crippen molar-refractivity contribution in [1.29, 1.82) is 0 Å². The Hall–Kier alpha value is -7.94. The quantitative estimate of drug-likeness (QED) is 0.144. The van der Waals surface area contributed by atoms with Gasteiger partial charge in [-0.05, 0) is 187 Å². The third-order valence-corrected chi connectivity index (χ3v) is 19.0. The van der Waals surface area contributed by atoms with Gasteiger partial charge in [-0.3, -0.25) is 0 Å². The molecule has 0 saturated carbocycles. The van der Waals surface area contributed by atoms with E-state index in [1.54, 1.807) is 0 Å². The molecule has 0 unspecified atom stereocenters. The first-order valence-electron chi connectivity index (χ1n) is 32.3. The van der Waals surface area contributed by atoms with Gasteiger partial charge in [0.2, 0.25) is 0 Å². The minimum absolute atomic E-state index is 0.00495. The van der Waals surface area contributed by atoms with Crippen LogP contribution in [0.5, 0.6) is 0 Å². The highest BCUT2D eigenvalue weighted by Crippen LogP contribution is 2.51. The van der Waals surface area contributed by atoms with E-state index in [-0.39, 0.29) is 37.9 Å². The Morgan fingerprint density at radius 3 is 1.12 bits per heavy atom. The highest BCUT2D eigenvalue weighted by Gasteiger charge is 2.29. The molecule has 0 amide bonds. The molecule has 88 heavy (non-hydrogen) atoms. The zero-order valence-electron chi connectivity index (χ0n) is 56.8. The number of hydrogen-bond donors (Lipinski definition) is 0. The lowest BCUT2D eigenvalue weighted by Crippen LogP contribution is -2.18. The molecule has 1 aromatic heterocycles. The van der Waals surface area contributed by atoms with Crippen molar-refractivity contribution in [3.05, 3.63) is 227 Å². The van der Waals surface area contributed by atoms with E-state index in [1.807, 2.05) is 0 Å². The lowest BCUT2D eigenvalue weighted by molar-refractivity contribution is 0.569. The normalized spacial score (nSPS) is 13.3. The Bertz CT molecular complexity index is 4560. The summed E-state index contributed by atoms with van der Waals surface area (Å²) < 4.78 is 2.55. The molecule has 2 heteroatoms. The average Bonchev–Trinajstić information content (AvgIpc) is 1.24. The molecule has 11 aromatic carbocycles. The monoisotopic (exact) mass is 1150 g/mol. The second-order valence-electron chi connectivity index (χ2n) is 32.9. The van der Waals surface area contributed by atoms with Crippen LogP contribution in [-0.4, -0.2) is 4.57 Å². The number of rotatable bonds is 7. The summed E-state index contributed by atoms with van der Waals surface area (Å²) in [6.07, 6.45) is 0. The van der Waals surface area contributed by atoms with Crippen molar-refractivity contribution >= 4 is 71.2 Å². The number of anilines is 3. The van der Waals surface area contributed by atoms with E-state index in [9.17, 15) is 0 Å². The molecule has 0 radical (unpaired) electrons. The molecule has 0 bridgehead atoms. The van der Waals surface area contributed by atoms with Gasteiger partial charge >= 0.3 is 0 Å². The number of benzene rings is 11. The van der Waals surface area contributed by atoms with Crippen LogP contribution in [0.15, 0.2) is 188 Å². The molecule has 0 spiro atoms. The second-order valence-corrected chi connectivity index (χ2v) is 32.9. The number of hydrogen-bond acceptors (Lipinski definition) is 1. The van der Waals surface area contributed by atoms with Crippen molar-refractivity contribution < 1.29 is 0 Å². The standard InChI is InChI=1S/C86H94N2/c1-80(2,3)60-32-26-54(27-33-60)53-22-24-55(25-23-53)70-50-61(81(4,5)6)34-41-75(70)87(67-47-59(46-66(49-67)86(19,20)21)58-44-64(84(13,14)15)48-65(45-58)85(16,17)18)73-39-30-56-29-38-69-74(40-31-57-28-37-68(73)78(56)79(57)69)88-76-42-35-62(82(7,8)9)51-71(76)72-52-63(83(10,11)12)36-43-77(72)88/h22-52H,1-21H3. The number of aromatic nitrogens is 1. The molecule has 0 saturated heterocycles. The molecule has 0 aliphatic rings. The van der Waals surface area contributed by atoms with Crippen molar-refractivity contribution in [2.45, 2.75) is 183 Å². The molecular formula is C86H94N2. The van der Waals surface area contributed by atoms with Crippen LogP contribution >= 0.6 is 0 Å². The van der Waals surface area contributed by atoms with Crippen LogP contribution in [0.1, 0.15) is 184 Å². The van der Waals surface area contributed by atoms with E-state index in [1.165, 1.54) is 132 Å². The zero-order valence-corrected chi connectivity index (χ0v) is 56.8. The van der Waals surface area contributed by atoms with Crippen LogP contribution < -0.4 is 4.90 Å². The van der Waals surface area contributed by atoms with E-state index in [4.69, 9.17) is 0 Å². The van der Waals surface area contributed by atoms with E-state index >= 15 is 0 Å². The number of nitrogens with zero attached hydrogens (tertiary/aromatic N) is 2. The topological polar surface area (TPSA) is 8.17 Å². The van der Waals surface area contributed by atoms with Crippen LogP contribution in [0.3, 0.4) is 0 Å². The summed E-state index contributed by atoms with van der Waals surface area (Å²) in [7, 11) is 0. The Kier molecular flexibility index (Phi) is 14.3. The van der Waals surface area contributed by atoms with Gasteiger partial charge in [-0.15, -0.1) is 0 Å². The van der Waals surface area contributed by atoms with Crippen molar-refractivity contribution in [1.82, 2.24) is 4.57 Å². The van der Waals surface area contributed by atoms with Gasteiger partial charge in [-0.1, -0.05) is 273 Å². The lowest BCUT2D eigenvalue weighted by atomic mass is 9.78. The Labute approximate surface area is 527 Å². The van der Waals surface area contributed by atoms with Gasteiger partial charge in [0.1, 0.15) is 0 Å². The summed E-state index contributed by atoms with van der Waals surface area (Å²) in [5, 5.41) is 10.1. The highest BCUT2D eigenvalue weighted by atomic mass is 15.1. The predicted octanol–water partition coefficient (Wildman–Crippen LogP) is 25.2. The summed E-state index contributed by atoms with van der Waals surface area (Å²) in [6, 6.07) is 74.1. The van der Waals surface area contributed by atoms with E-state index < -0.39 is 0 Å². The smallest absolute Gasteiger partial charge is 0.0541 e. The van der Waals surface area contributed by atoms with Gasteiger partial charge < -0.3 is 9.47 Å². The molecular weight excluding hydrogens is 1060 g/mol. The van der Waals surface area contributed by atoms with Gasteiger partial charge in [-0.2, -0.15) is 0 Å².